The first kappa shape index (κ1) is 12.2. The van der Waals surface area contributed by atoms with Gasteiger partial charge in [-0.15, -0.1) is 11.6 Å². The van der Waals surface area contributed by atoms with Crippen molar-refractivity contribution >= 4 is 22.8 Å². The first-order valence-corrected chi connectivity index (χ1v) is 5.39. The van der Waals surface area contributed by atoms with E-state index in [1.807, 2.05) is 0 Å². The Bertz CT molecular complexity index is 547. The molecule has 2 aromatic rings. The van der Waals surface area contributed by atoms with Crippen LogP contribution in [0.25, 0.3) is 11.2 Å². The fourth-order valence-electron chi connectivity index (χ4n) is 1.59. The van der Waals surface area contributed by atoms with Gasteiger partial charge in [-0.1, -0.05) is 0 Å². The molecule has 3 nitrogen and oxygen atoms in total. The van der Waals surface area contributed by atoms with Crippen molar-refractivity contribution in [3.63, 3.8) is 0 Å². The molecule has 0 saturated carbocycles. The lowest BCUT2D eigenvalue weighted by molar-refractivity contribution is -0.140. The summed E-state index contributed by atoms with van der Waals surface area (Å²) in [4.78, 5) is 8.10. The number of pyridine rings is 1. The summed E-state index contributed by atoms with van der Waals surface area (Å²) < 4.78 is 38.3. The number of rotatable bonds is 2. The van der Waals surface area contributed by atoms with E-state index in [-0.39, 0.29) is 17.4 Å². The largest absolute Gasteiger partial charge is 0.406 e. The van der Waals surface area contributed by atoms with E-state index in [1.54, 1.807) is 19.1 Å². The molecule has 17 heavy (non-hydrogen) atoms. The van der Waals surface area contributed by atoms with Crippen LogP contribution in [-0.2, 0) is 12.4 Å². The smallest absolute Gasteiger partial charge is 0.302 e. The van der Waals surface area contributed by atoms with Crippen LogP contribution >= 0.6 is 11.6 Å². The van der Waals surface area contributed by atoms with Crippen LogP contribution in [0.3, 0.4) is 0 Å². The van der Waals surface area contributed by atoms with E-state index in [4.69, 9.17) is 11.6 Å². The molecular formula is C10H9ClF3N3. The van der Waals surface area contributed by atoms with E-state index in [0.717, 1.165) is 4.57 Å². The molecule has 2 aromatic heterocycles. The molecule has 0 amide bonds. The van der Waals surface area contributed by atoms with Gasteiger partial charge < -0.3 is 4.57 Å². The highest BCUT2D eigenvalue weighted by molar-refractivity contribution is 6.16. The second-order valence-corrected chi connectivity index (χ2v) is 3.93. The number of aromatic nitrogens is 3. The third-order valence-corrected chi connectivity index (χ3v) is 2.51. The molecule has 0 radical (unpaired) electrons. The van der Waals surface area contributed by atoms with Crippen molar-refractivity contribution in [3.8, 4) is 0 Å². The zero-order valence-corrected chi connectivity index (χ0v) is 9.68. The van der Waals surface area contributed by atoms with E-state index >= 15 is 0 Å². The molecule has 0 aromatic carbocycles. The van der Waals surface area contributed by atoms with Crippen molar-refractivity contribution in [1.82, 2.24) is 14.5 Å². The summed E-state index contributed by atoms with van der Waals surface area (Å²) in [7, 11) is 0. The van der Waals surface area contributed by atoms with Gasteiger partial charge in [0.25, 0.3) is 0 Å². The highest BCUT2D eigenvalue weighted by Crippen LogP contribution is 2.23. The van der Waals surface area contributed by atoms with Crippen LogP contribution in [0.2, 0.25) is 0 Å². The summed E-state index contributed by atoms with van der Waals surface area (Å²) in [5.74, 6) is 0.1000. The van der Waals surface area contributed by atoms with Gasteiger partial charge in [-0.3, -0.25) is 0 Å². The number of halogens is 4. The number of aryl methyl sites for hydroxylation is 1. The molecular weight excluding hydrogens is 255 g/mol. The number of hydrogen-bond acceptors (Lipinski definition) is 2. The van der Waals surface area contributed by atoms with Gasteiger partial charge in [0, 0.05) is 5.69 Å². The number of hydrogen-bond donors (Lipinski definition) is 0. The van der Waals surface area contributed by atoms with Crippen LogP contribution in [0.4, 0.5) is 13.2 Å². The van der Waals surface area contributed by atoms with Crippen LogP contribution < -0.4 is 0 Å². The first-order chi connectivity index (χ1) is 7.90. The Morgan fingerprint density at radius 3 is 2.59 bits per heavy atom. The molecule has 0 unspecified atom stereocenters. The maximum absolute atomic E-state index is 12.4. The van der Waals surface area contributed by atoms with Gasteiger partial charge in [0.2, 0.25) is 0 Å². The number of nitrogens with zero attached hydrogens (tertiary/aromatic N) is 3. The zero-order chi connectivity index (χ0) is 12.6. The van der Waals surface area contributed by atoms with E-state index in [1.165, 1.54) is 0 Å². The molecule has 0 spiro atoms. The minimum absolute atomic E-state index is 0.0779. The summed E-state index contributed by atoms with van der Waals surface area (Å²) in [6.45, 7) is 0.590. The first-order valence-electron chi connectivity index (χ1n) is 4.86. The maximum atomic E-state index is 12.4. The second kappa shape index (κ2) is 4.18. The van der Waals surface area contributed by atoms with E-state index in [0.29, 0.717) is 11.2 Å². The number of fused-ring (bicyclic) bond motifs is 1. The Labute approximate surface area is 100 Å². The molecule has 2 heterocycles. The SMILES string of the molecule is Cc1ccc2nc(CCl)n(CC(F)(F)F)c2n1. The second-order valence-electron chi connectivity index (χ2n) is 3.66. The Morgan fingerprint density at radius 2 is 2.00 bits per heavy atom. The van der Waals surface area contributed by atoms with Crippen molar-refractivity contribution in [2.45, 2.75) is 25.5 Å². The molecule has 0 saturated heterocycles. The Hall–Kier alpha value is -1.30. The van der Waals surface area contributed by atoms with E-state index in [2.05, 4.69) is 9.97 Å². The lowest BCUT2D eigenvalue weighted by Crippen LogP contribution is -2.19. The van der Waals surface area contributed by atoms with Crippen LogP contribution in [0.15, 0.2) is 12.1 Å². The lowest BCUT2D eigenvalue weighted by Gasteiger charge is -2.10. The van der Waals surface area contributed by atoms with Crippen molar-refractivity contribution < 1.29 is 13.2 Å². The molecule has 7 heteroatoms. The average Bonchev–Trinajstić information content (AvgIpc) is 2.54. The van der Waals surface area contributed by atoms with E-state index < -0.39 is 12.7 Å². The predicted molar refractivity (Wildman–Crippen MR) is 57.9 cm³/mol. The van der Waals surface area contributed by atoms with Gasteiger partial charge in [0.05, 0.1) is 5.88 Å². The molecule has 0 aliphatic carbocycles. The molecule has 0 aliphatic rings. The van der Waals surface area contributed by atoms with Crippen LogP contribution in [-0.4, -0.2) is 20.7 Å². The third kappa shape index (κ3) is 2.52. The minimum atomic E-state index is -4.32. The zero-order valence-electron chi connectivity index (χ0n) is 8.92. The quantitative estimate of drug-likeness (QED) is 0.780. The molecule has 0 aliphatic heterocycles. The van der Waals surface area contributed by atoms with Crippen LogP contribution in [0.1, 0.15) is 11.5 Å². The standard InChI is InChI=1S/C10H9ClF3N3/c1-6-2-3-7-9(15-6)17(5-10(12,13)14)8(4-11)16-7/h2-3H,4-5H2,1H3. The third-order valence-electron chi connectivity index (χ3n) is 2.27. The molecule has 0 bridgehead atoms. The van der Waals surface area contributed by atoms with Crippen molar-refractivity contribution in [2.75, 3.05) is 0 Å². The Kier molecular flexibility index (Phi) is 2.99. The predicted octanol–water partition coefficient (Wildman–Crippen LogP) is 3.04. The fraction of sp³-hybridized carbons (Fsp3) is 0.400. The Balaban J connectivity index is 2.60. The molecule has 0 atom stereocenters. The number of alkyl halides is 4. The Morgan fingerprint density at radius 1 is 1.29 bits per heavy atom. The van der Waals surface area contributed by atoms with Gasteiger partial charge >= 0.3 is 6.18 Å². The van der Waals surface area contributed by atoms with Crippen LogP contribution in [0, 0.1) is 6.92 Å². The van der Waals surface area contributed by atoms with Crippen molar-refractivity contribution in [3.05, 3.63) is 23.7 Å². The summed E-state index contributed by atoms with van der Waals surface area (Å²) in [6.07, 6.45) is -4.32. The summed E-state index contributed by atoms with van der Waals surface area (Å²) in [5, 5.41) is 0. The van der Waals surface area contributed by atoms with Crippen molar-refractivity contribution in [1.29, 1.82) is 0 Å². The fourth-order valence-corrected chi connectivity index (χ4v) is 1.79. The normalized spacial score (nSPS) is 12.3. The summed E-state index contributed by atoms with van der Waals surface area (Å²) >= 11 is 5.59. The molecule has 0 N–H and O–H groups in total. The van der Waals surface area contributed by atoms with Crippen molar-refractivity contribution in [2.24, 2.45) is 0 Å². The molecule has 92 valence electrons. The van der Waals surface area contributed by atoms with Crippen LogP contribution in [0.5, 0.6) is 0 Å². The van der Waals surface area contributed by atoms with Gasteiger partial charge in [-0.2, -0.15) is 13.2 Å². The summed E-state index contributed by atoms with van der Waals surface area (Å²) in [6, 6.07) is 3.34. The maximum Gasteiger partial charge on any atom is 0.406 e. The molecule has 0 fully saturated rings. The minimum Gasteiger partial charge on any atom is -0.302 e. The van der Waals surface area contributed by atoms with E-state index in [9.17, 15) is 13.2 Å². The van der Waals surface area contributed by atoms with Gasteiger partial charge in [0.1, 0.15) is 17.9 Å². The number of imidazole rings is 1. The van der Waals surface area contributed by atoms with Gasteiger partial charge in [-0.05, 0) is 19.1 Å². The highest BCUT2D eigenvalue weighted by atomic mass is 35.5. The average molecular weight is 264 g/mol. The highest BCUT2D eigenvalue weighted by Gasteiger charge is 2.30. The van der Waals surface area contributed by atoms with Gasteiger partial charge in [-0.25, -0.2) is 9.97 Å². The molecule has 2 rings (SSSR count). The monoisotopic (exact) mass is 263 g/mol. The summed E-state index contributed by atoms with van der Waals surface area (Å²) in [5.41, 5.74) is 1.29. The van der Waals surface area contributed by atoms with Gasteiger partial charge in [0.15, 0.2) is 5.65 Å². The topological polar surface area (TPSA) is 30.7 Å². The lowest BCUT2D eigenvalue weighted by atomic mass is 10.3.